The van der Waals surface area contributed by atoms with Crippen molar-refractivity contribution in [1.82, 2.24) is 0 Å². The molecule has 0 saturated carbocycles. The van der Waals surface area contributed by atoms with Gasteiger partial charge in [0, 0.05) is 0 Å². The van der Waals surface area contributed by atoms with Gasteiger partial charge in [-0.05, 0) is 18.9 Å². The molecule has 0 radical (unpaired) electrons. The van der Waals surface area contributed by atoms with Gasteiger partial charge in [-0.2, -0.15) is 0 Å². The van der Waals surface area contributed by atoms with Crippen molar-refractivity contribution in [2.75, 3.05) is 6.61 Å². The molecule has 0 bridgehead atoms. The Morgan fingerprint density at radius 3 is 1.67 bits per heavy atom. The fourth-order valence-corrected chi connectivity index (χ4v) is 2.19. The van der Waals surface area contributed by atoms with Crippen LogP contribution in [0.2, 0.25) is 0 Å². The second-order valence-corrected chi connectivity index (χ2v) is 5.93. The lowest BCUT2D eigenvalue weighted by Crippen LogP contribution is -2.08. The van der Waals surface area contributed by atoms with Gasteiger partial charge in [0.25, 0.3) is 0 Å². The van der Waals surface area contributed by atoms with Crippen molar-refractivity contribution in [2.45, 2.75) is 84.5 Å². The van der Waals surface area contributed by atoms with Gasteiger partial charge in [0.2, 0.25) is 0 Å². The maximum absolute atomic E-state index is 11.5. The predicted molar refractivity (Wildman–Crippen MR) is 91.4 cm³/mol. The van der Waals surface area contributed by atoms with E-state index in [1.807, 2.05) is 0 Å². The van der Waals surface area contributed by atoms with Crippen molar-refractivity contribution < 1.29 is 9.53 Å². The molecule has 21 heavy (non-hydrogen) atoms. The van der Waals surface area contributed by atoms with E-state index in [0.717, 1.165) is 12.8 Å². The molecule has 0 amide bonds. The van der Waals surface area contributed by atoms with Gasteiger partial charge in [0.1, 0.15) is 0 Å². The molecular formula is C19H34O2. The minimum absolute atomic E-state index is 0.324. The number of unbranched alkanes of at least 4 members (excludes halogenated alkanes) is 10. The molecule has 0 aliphatic heterocycles. The molecule has 0 unspecified atom stereocenters. The van der Waals surface area contributed by atoms with Gasteiger partial charge < -0.3 is 4.74 Å². The summed E-state index contributed by atoms with van der Waals surface area (Å²) in [7, 11) is 0. The molecule has 122 valence electrons. The highest BCUT2D eigenvalue weighted by Crippen LogP contribution is 2.11. The number of carbonyl (C=O) groups is 1. The van der Waals surface area contributed by atoms with E-state index in [2.05, 4.69) is 20.1 Å². The van der Waals surface area contributed by atoms with Gasteiger partial charge in [-0.25, -0.2) is 4.79 Å². The van der Waals surface area contributed by atoms with Crippen molar-refractivity contribution in [3.63, 3.8) is 0 Å². The van der Waals surface area contributed by atoms with E-state index >= 15 is 0 Å². The van der Waals surface area contributed by atoms with Crippen LogP contribution in [-0.4, -0.2) is 12.6 Å². The van der Waals surface area contributed by atoms with Crippen LogP contribution in [0.5, 0.6) is 0 Å². The summed E-state index contributed by atoms with van der Waals surface area (Å²) in [4.78, 5) is 11.5. The lowest BCUT2D eigenvalue weighted by Gasteiger charge is -2.06. The summed E-state index contributed by atoms with van der Waals surface area (Å²) in [6.07, 6.45) is 14.3. The number of carbonyl (C=O) groups excluding carboxylic acids is 1. The summed E-state index contributed by atoms with van der Waals surface area (Å²) in [5.74, 6) is -0.324. The number of hydrogen-bond acceptors (Lipinski definition) is 2. The molecule has 2 nitrogen and oxygen atoms in total. The van der Waals surface area contributed by atoms with Crippen LogP contribution in [0.15, 0.2) is 24.3 Å². The fraction of sp³-hybridized carbons (Fsp3) is 0.737. The largest absolute Gasteiger partial charge is 0.462 e. The number of hydrogen-bond donors (Lipinski definition) is 0. The van der Waals surface area contributed by atoms with E-state index in [-0.39, 0.29) is 5.97 Å². The zero-order valence-corrected chi connectivity index (χ0v) is 14.2. The van der Waals surface area contributed by atoms with Crippen LogP contribution in [0, 0.1) is 0 Å². The average Bonchev–Trinajstić information content (AvgIpc) is 2.47. The topological polar surface area (TPSA) is 26.3 Å². The summed E-state index contributed by atoms with van der Waals surface area (Å²) in [6, 6.07) is 0. The number of rotatable bonds is 14. The second-order valence-electron chi connectivity index (χ2n) is 5.93. The highest BCUT2D eigenvalue weighted by Gasteiger charge is 2.07. The van der Waals surface area contributed by atoms with Crippen LogP contribution in [-0.2, 0) is 9.53 Å². The molecule has 2 heteroatoms. The fourth-order valence-electron chi connectivity index (χ4n) is 2.19. The van der Waals surface area contributed by atoms with Crippen molar-refractivity contribution in [2.24, 2.45) is 0 Å². The van der Waals surface area contributed by atoms with Crippen LogP contribution < -0.4 is 0 Å². The summed E-state index contributed by atoms with van der Waals surface area (Å²) in [6.45, 7) is 11.9. The van der Waals surface area contributed by atoms with E-state index in [1.165, 1.54) is 57.8 Å². The predicted octanol–water partition coefficient (Wildman–Crippen LogP) is 5.97. The summed E-state index contributed by atoms with van der Waals surface area (Å²) < 4.78 is 5.15. The van der Waals surface area contributed by atoms with Gasteiger partial charge in [0.15, 0.2) is 0 Å². The van der Waals surface area contributed by atoms with Crippen molar-refractivity contribution in [3.05, 3.63) is 24.3 Å². The lowest BCUT2D eigenvalue weighted by atomic mass is 10.1. The highest BCUT2D eigenvalue weighted by atomic mass is 16.5. The van der Waals surface area contributed by atoms with Crippen molar-refractivity contribution in [3.8, 4) is 0 Å². The quantitative estimate of drug-likeness (QED) is 0.171. The van der Waals surface area contributed by atoms with Gasteiger partial charge >= 0.3 is 5.97 Å². The first kappa shape index (κ1) is 19.9. The molecule has 0 fully saturated rings. The zero-order valence-electron chi connectivity index (χ0n) is 14.2. The van der Waals surface area contributed by atoms with E-state index in [1.54, 1.807) is 6.92 Å². The molecule has 0 saturated heterocycles. The Labute approximate surface area is 131 Å². The molecule has 0 atom stereocenters. The Kier molecular flexibility index (Phi) is 13.2. The number of ether oxygens (including phenoxy) is 1. The van der Waals surface area contributed by atoms with E-state index in [0.29, 0.717) is 17.8 Å². The van der Waals surface area contributed by atoms with E-state index in [4.69, 9.17) is 4.74 Å². The third-order valence-corrected chi connectivity index (χ3v) is 3.74. The Bertz CT molecular complexity index is 305. The van der Waals surface area contributed by atoms with Gasteiger partial charge in [0.05, 0.1) is 12.2 Å². The first-order valence-electron chi connectivity index (χ1n) is 8.61. The van der Waals surface area contributed by atoms with Gasteiger partial charge in [-0.15, -0.1) is 0 Å². The standard InChI is InChI=1S/C19H34O2/c1-5-6-7-8-9-10-11-12-13-14-15-16-21-19(20)18(4)17(2)3/h2,4-16H2,1,3H3. The van der Waals surface area contributed by atoms with Crippen molar-refractivity contribution >= 4 is 5.97 Å². The van der Waals surface area contributed by atoms with Gasteiger partial charge in [-0.3, -0.25) is 0 Å². The Morgan fingerprint density at radius 1 is 0.810 bits per heavy atom. The second kappa shape index (κ2) is 13.9. The normalized spacial score (nSPS) is 10.4. The molecule has 0 heterocycles. The zero-order chi connectivity index (χ0) is 15.9. The number of esters is 1. The van der Waals surface area contributed by atoms with Crippen LogP contribution in [0.4, 0.5) is 0 Å². The lowest BCUT2D eigenvalue weighted by molar-refractivity contribution is -0.138. The molecule has 0 aliphatic rings. The van der Waals surface area contributed by atoms with Gasteiger partial charge in [-0.1, -0.05) is 84.3 Å². The molecule has 0 rings (SSSR count). The average molecular weight is 294 g/mol. The third-order valence-electron chi connectivity index (χ3n) is 3.74. The molecule has 0 aliphatic carbocycles. The van der Waals surface area contributed by atoms with Crippen LogP contribution >= 0.6 is 0 Å². The molecule has 0 aromatic rings. The molecular weight excluding hydrogens is 260 g/mol. The third kappa shape index (κ3) is 12.4. The molecule has 0 N–H and O–H groups in total. The Hall–Kier alpha value is -1.05. The first-order valence-corrected chi connectivity index (χ1v) is 8.61. The summed E-state index contributed by atoms with van der Waals surface area (Å²) >= 11 is 0. The van der Waals surface area contributed by atoms with Crippen LogP contribution in [0.3, 0.4) is 0 Å². The molecule has 0 spiro atoms. The van der Waals surface area contributed by atoms with Crippen molar-refractivity contribution in [1.29, 1.82) is 0 Å². The minimum Gasteiger partial charge on any atom is -0.462 e. The van der Waals surface area contributed by atoms with Crippen LogP contribution in [0.1, 0.15) is 84.5 Å². The van der Waals surface area contributed by atoms with Crippen LogP contribution in [0.25, 0.3) is 0 Å². The smallest absolute Gasteiger partial charge is 0.337 e. The maximum atomic E-state index is 11.5. The van der Waals surface area contributed by atoms with E-state index in [9.17, 15) is 4.79 Å². The monoisotopic (exact) mass is 294 g/mol. The highest BCUT2D eigenvalue weighted by molar-refractivity contribution is 5.92. The first-order chi connectivity index (χ1) is 10.1. The molecule has 0 aromatic heterocycles. The Morgan fingerprint density at radius 2 is 1.24 bits per heavy atom. The Balaban J connectivity index is 3.24. The van der Waals surface area contributed by atoms with E-state index < -0.39 is 0 Å². The molecule has 0 aromatic carbocycles. The summed E-state index contributed by atoms with van der Waals surface area (Å²) in [5.41, 5.74) is 1.07. The minimum atomic E-state index is -0.324. The maximum Gasteiger partial charge on any atom is 0.337 e. The summed E-state index contributed by atoms with van der Waals surface area (Å²) in [5, 5.41) is 0. The SMILES string of the molecule is C=C(C)C(=C)C(=O)OCCCCCCCCCCCCC.